The predicted octanol–water partition coefficient (Wildman–Crippen LogP) is 3.97. The quantitative estimate of drug-likeness (QED) is 0.860. The fourth-order valence-corrected chi connectivity index (χ4v) is 5.01. The zero-order valence-corrected chi connectivity index (χ0v) is 15.7. The van der Waals surface area contributed by atoms with Gasteiger partial charge in [0.05, 0.1) is 23.4 Å². The van der Waals surface area contributed by atoms with Gasteiger partial charge in [0.15, 0.2) is 5.41 Å². The van der Waals surface area contributed by atoms with Crippen LogP contribution in [-0.2, 0) is 0 Å². The number of hydrogen-bond donors (Lipinski definition) is 1. The van der Waals surface area contributed by atoms with E-state index in [0.717, 1.165) is 22.6 Å². The fourth-order valence-electron chi connectivity index (χ4n) is 3.95. The molecule has 1 aliphatic carbocycles. The molecule has 2 N–H and O–H groups in total. The topological polar surface area (TPSA) is 97.4 Å². The molecule has 0 aromatic heterocycles. The van der Waals surface area contributed by atoms with Crippen LogP contribution in [0.15, 0.2) is 47.2 Å². The summed E-state index contributed by atoms with van der Waals surface area (Å²) in [5, 5.41) is 29.6. The highest BCUT2D eigenvalue weighted by atomic mass is 32.2. The summed E-state index contributed by atoms with van der Waals surface area (Å²) in [5.41, 5.74) is 8.18. The van der Waals surface area contributed by atoms with Gasteiger partial charge < -0.3 is 5.73 Å². The lowest BCUT2D eigenvalue weighted by Gasteiger charge is -2.43. The first kappa shape index (κ1) is 18.1. The van der Waals surface area contributed by atoms with E-state index < -0.39 is 5.41 Å². The average molecular weight is 360 g/mol. The van der Waals surface area contributed by atoms with Crippen LogP contribution in [0, 0.1) is 45.3 Å². The van der Waals surface area contributed by atoms with Gasteiger partial charge in [-0.1, -0.05) is 44.2 Å². The van der Waals surface area contributed by atoms with E-state index in [1.165, 1.54) is 5.56 Å². The lowest BCUT2D eigenvalue weighted by molar-refractivity contribution is 0.368. The molecule has 0 saturated carbocycles. The summed E-state index contributed by atoms with van der Waals surface area (Å²) in [7, 11) is 0. The Morgan fingerprint density at radius 3 is 2.35 bits per heavy atom. The van der Waals surface area contributed by atoms with Gasteiger partial charge in [0, 0.05) is 23.3 Å². The molecule has 5 heteroatoms. The minimum atomic E-state index is -1.52. The Balaban J connectivity index is 2.25. The summed E-state index contributed by atoms with van der Waals surface area (Å²) in [4.78, 5) is 0. The first-order valence-corrected chi connectivity index (χ1v) is 9.76. The molecule has 0 bridgehead atoms. The molecule has 0 fully saturated rings. The molecule has 2 atom stereocenters. The van der Waals surface area contributed by atoms with E-state index in [9.17, 15) is 15.8 Å². The molecule has 0 amide bonds. The maximum Gasteiger partial charge on any atom is 0.191 e. The van der Waals surface area contributed by atoms with Crippen LogP contribution in [0.5, 0.6) is 0 Å². The van der Waals surface area contributed by atoms with Crippen LogP contribution in [-0.4, -0.2) is 11.5 Å². The Hall–Kier alpha value is -2.68. The summed E-state index contributed by atoms with van der Waals surface area (Å²) in [5.74, 6) is 1.54. The van der Waals surface area contributed by atoms with Crippen molar-refractivity contribution in [3.8, 4) is 18.2 Å². The van der Waals surface area contributed by atoms with Crippen molar-refractivity contribution in [2.45, 2.75) is 25.7 Å². The highest BCUT2D eigenvalue weighted by Crippen LogP contribution is 2.55. The summed E-state index contributed by atoms with van der Waals surface area (Å²) < 4.78 is 0. The van der Waals surface area contributed by atoms with Crippen LogP contribution in [0.25, 0.3) is 0 Å². The van der Waals surface area contributed by atoms with Crippen LogP contribution in [0.4, 0.5) is 0 Å². The summed E-state index contributed by atoms with van der Waals surface area (Å²) in [6.07, 6.45) is 2.03. The van der Waals surface area contributed by atoms with Gasteiger partial charge >= 0.3 is 0 Å². The van der Waals surface area contributed by atoms with E-state index in [-0.39, 0.29) is 17.5 Å². The summed E-state index contributed by atoms with van der Waals surface area (Å²) >= 11 is 1.75. The second-order valence-corrected chi connectivity index (χ2v) is 8.11. The predicted molar refractivity (Wildman–Crippen MR) is 103 cm³/mol. The Morgan fingerprint density at radius 1 is 1.15 bits per heavy atom. The average Bonchev–Trinajstić information content (AvgIpc) is 2.67. The molecule has 4 nitrogen and oxygen atoms in total. The zero-order chi connectivity index (χ0) is 18.9. The Labute approximate surface area is 158 Å². The SMILES string of the molecule is CC(C)c1ccc([C@@H]2[C@H]3CSCC=C3C(C#N)=C(N)C2(C#N)C#N)cc1. The molecule has 130 valence electrons. The normalized spacial score (nSPS) is 24.1. The van der Waals surface area contributed by atoms with Crippen molar-refractivity contribution >= 4 is 11.8 Å². The van der Waals surface area contributed by atoms with Gasteiger partial charge in [0.25, 0.3) is 0 Å². The Bertz CT molecular complexity index is 889. The van der Waals surface area contributed by atoms with Crippen molar-refractivity contribution in [2.24, 2.45) is 17.1 Å². The van der Waals surface area contributed by atoms with E-state index in [1.54, 1.807) is 11.8 Å². The van der Waals surface area contributed by atoms with Crippen molar-refractivity contribution in [1.82, 2.24) is 0 Å². The third-order valence-corrected chi connectivity index (χ3v) is 6.39. The highest BCUT2D eigenvalue weighted by Gasteiger charge is 2.53. The first-order chi connectivity index (χ1) is 12.5. The molecule has 0 saturated heterocycles. The molecular formula is C21H20N4S. The third kappa shape index (κ3) is 2.59. The van der Waals surface area contributed by atoms with Gasteiger partial charge in [-0.3, -0.25) is 0 Å². The lowest BCUT2D eigenvalue weighted by atomic mass is 9.59. The van der Waals surface area contributed by atoms with E-state index in [2.05, 4.69) is 44.2 Å². The van der Waals surface area contributed by atoms with Crippen molar-refractivity contribution in [3.63, 3.8) is 0 Å². The molecule has 0 radical (unpaired) electrons. The summed E-state index contributed by atoms with van der Waals surface area (Å²) in [6, 6.07) is 14.6. The molecule has 0 unspecified atom stereocenters. The maximum absolute atomic E-state index is 9.97. The smallest absolute Gasteiger partial charge is 0.191 e. The van der Waals surface area contributed by atoms with E-state index in [0.29, 0.717) is 11.5 Å². The van der Waals surface area contributed by atoms with Crippen molar-refractivity contribution in [3.05, 3.63) is 58.3 Å². The van der Waals surface area contributed by atoms with Crippen LogP contribution in [0.1, 0.15) is 36.8 Å². The van der Waals surface area contributed by atoms with E-state index in [4.69, 9.17) is 5.73 Å². The van der Waals surface area contributed by atoms with Crippen molar-refractivity contribution < 1.29 is 0 Å². The number of nitrogens with two attached hydrogens (primary N) is 1. The van der Waals surface area contributed by atoms with Crippen LogP contribution >= 0.6 is 11.8 Å². The van der Waals surface area contributed by atoms with E-state index in [1.807, 2.05) is 18.2 Å². The number of allylic oxidation sites excluding steroid dienone is 3. The molecule has 2 aliphatic rings. The maximum atomic E-state index is 9.97. The van der Waals surface area contributed by atoms with Gasteiger partial charge in [-0.15, -0.1) is 0 Å². The Morgan fingerprint density at radius 2 is 1.81 bits per heavy atom. The molecule has 1 heterocycles. The molecule has 0 spiro atoms. The number of nitriles is 3. The van der Waals surface area contributed by atoms with Gasteiger partial charge in [-0.25, -0.2) is 0 Å². The molecule has 1 aliphatic heterocycles. The number of benzene rings is 1. The number of hydrogen-bond acceptors (Lipinski definition) is 5. The van der Waals surface area contributed by atoms with Crippen molar-refractivity contribution in [1.29, 1.82) is 15.8 Å². The third-order valence-electron chi connectivity index (χ3n) is 5.40. The van der Waals surface area contributed by atoms with Crippen LogP contribution < -0.4 is 5.73 Å². The van der Waals surface area contributed by atoms with Gasteiger partial charge in [0.2, 0.25) is 0 Å². The zero-order valence-electron chi connectivity index (χ0n) is 14.9. The number of rotatable bonds is 2. The van der Waals surface area contributed by atoms with Gasteiger partial charge in [-0.05, 0) is 22.6 Å². The minimum Gasteiger partial charge on any atom is -0.399 e. The lowest BCUT2D eigenvalue weighted by Crippen LogP contribution is -2.43. The number of nitrogens with zero attached hydrogens (tertiary/aromatic N) is 3. The monoisotopic (exact) mass is 360 g/mol. The molecule has 26 heavy (non-hydrogen) atoms. The number of fused-ring (bicyclic) bond motifs is 1. The minimum absolute atomic E-state index is 0.0695. The van der Waals surface area contributed by atoms with E-state index >= 15 is 0 Å². The molecular weight excluding hydrogens is 340 g/mol. The Kier molecular flexibility index (Phi) is 4.82. The largest absolute Gasteiger partial charge is 0.399 e. The fraction of sp³-hybridized carbons (Fsp3) is 0.381. The second kappa shape index (κ2) is 6.91. The van der Waals surface area contributed by atoms with Gasteiger partial charge in [-0.2, -0.15) is 27.5 Å². The number of thioether (sulfide) groups is 1. The van der Waals surface area contributed by atoms with Crippen molar-refractivity contribution in [2.75, 3.05) is 11.5 Å². The molecule has 1 aromatic carbocycles. The van der Waals surface area contributed by atoms with Gasteiger partial charge in [0.1, 0.15) is 6.07 Å². The highest BCUT2D eigenvalue weighted by molar-refractivity contribution is 7.99. The second-order valence-electron chi connectivity index (χ2n) is 7.03. The standard InChI is InChI=1S/C21H20N4S/c1-13(2)14-3-5-15(6-4-14)19-18-10-26-8-7-16(18)17(9-22)20(25)21(19,11-23)12-24/h3-7,13,18-19H,8,10,25H2,1-2H3/t18-,19+/m0/s1. The summed E-state index contributed by atoms with van der Waals surface area (Å²) in [6.45, 7) is 4.26. The first-order valence-electron chi connectivity index (χ1n) is 8.61. The van der Waals surface area contributed by atoms with Crippen LogP contribution in [0.2, 0.25) is 0 Å². The molecule has 1 aromatic rings. The van der Waals surface area contributed by atoms with Crippen LogP contribution in [0.3, 0.4) is 0 Å². The molecule has 3 rings (SSSR count).